The van der Waals surface area contributed by atoms with Crippen LogP contribution in [0.15, 0.2) is 22.7 Å². The smallest absolute Gasteiger partial charge is 0.141 e. The summed E-state index contributed by atoms with van der Waals surface area (Å²) in [7, 11) is 0. The van der Waals surface area contributed by atoms with Gasteiger partial charge in [0, 0.05) is 0 Å². The Balaban J connectivity index is 3.25. The molecular formula is C6H4BrFO. The number of rotatable bonds is 0. The molecule has 0 atom stereocenters. The minimum absolute atomic E-state index is 0.0741. The van der Waals surface area contributed by atoms with E-state index in [-0.39, 0.29) is 10.2 Å². The van der Waals surface area contributed by atoms with Gasteiger partial charge >= 0.3 is 0 Å². The van der Waals surface area contributed by atoms with Crippen LogP contribution >= 0.6 is 15.9 Å². The summed E-state index contributed by atoms with van der Waals surface area (Å²) in [6.45, 7) is 0. The van der Waals surface area contributed by atoms with Crippen LogP contribution in [0.1, 0.15) is 0 Å². The minimum Gasteiger partial charge on any atom is -0.507 e. The lowest BCUT2D eigenvalue weighted by atomic mass is 10.3. The second kappa shape index (κ2) is 2.35. The molecule has 0 aromatic heterocycles. The zero-order chi connectivity index (χ0) is 6.85. The van der Waals surface area contributed by atoms with E-state index in [0.29, 0.717) is 0 Å². The monoisotopic (exact) mass is 190 g/mol. The van der Waals surface area contributed by atoms with Crippen LogP contribution in [-0.2, 0) is 0 Å². The van der Waals surface area contributed by atoms with E-state index in [1.807, 2.05) is 0 Å². The van der Waals surface area contributed by atoms with E-state index in [0.717, 1.165) is 0 Å². The number of hydrogen-bond acceptors (Lipinski definition) is 1. The van der Waals surface area contributed by atoms with Gasteiger partial charge in [0.15, 0.2) is 0 Å². The van der Waals surface area contributed by atoms with Crippen LogP contribution in [-0.4, -0.2) is 5.11 Å². The Labute approximate surface area is 60.3 Å². The highest BCUT2D eigenvalue weighted by Crippen LogP contribution is 2.25. The molecule has 1 N–H and O–H groups in total. The molecule has 3 heteroatoms. The third-order valence-electron chi connectivity index (χ3n) is 0.931. The summed E-state index contributed by atoms with van der Waals surface area (Å²) in [4.78, 5) is 0. The van der Waals surface area contributed by atoms with Crippen LogP contribution in [0, 0.1) is 5.82 Å². The summed E-state index contributed by atoms with van der Waals surface area (Å²) in [6.07, 6.45) is 0. The maximum Gasteiger partial charge on any atom is 0.141 e. The Morgan fingerprint density at radius 1 is 1.44 bits per heavy atom. The quantitative estimate of drug-likeness (QED) is 0.666. The van der Waals surface area contributed by atoms with Crippen molar-refractivity contribution in [3.63, 3.8) is 0 Å². The molecule has 0 aliphatic heterocycles. The molecule has 1 rings (SSSR count). The minimum atomic E-state index is -0.449. The van der Waals surface area contributed by atoms with Gasteiger partial charge < -0.3 is 5.11 Å². The highest BCUT2D eigenvalue weighted by Gasteiger charge is 2.00. The fraction of sp³-hybridized carbons (Fsp3) is 0. The van der Waals surface area contributed by atoms with Crippen LogP contribution in [0.4, 0.5) is 4.39 Å². The van der Waals surface area contributed by atoms with Crippen LogP contribution < -0.4 is 0 Å². The second-order valence-corrected chi connectivity index (χ2v) is 2.37. The van der Waals surface area contributed by atoms with Gasteiger partial charge in [0.25, 0.3) is 0 Å². The van der Waals surface area contributed by atoms with E-state index in [1.165, 1.54) is 18.2 Å². The molecule has 0 fully saturated rings. The molecule has 0 saturated carbocycles. The number of aromatic hydroxyl groups is 1. The number of hydrogen-bond donors (Lipinski definition) is 1. The van der Waals surface area contributed by atoms with Gasteiger partial charge in [-0.1, -0.05) is 6.07 Å². The van der Waals surface area contributed by atoms with Crippen molar-refractivity contribution in [3.05, 3.63) is 28.5 Å². The molecule has 48 valence electrons. The zero-order valence-corrected chi connectivity index (χ0v) is 6.02. The maximum absolute atomic E-state index is 12.4. The van der Waals surface area contributed by atoms with E-state index < -0.39 is 5.82 Å². The molecule has 0 bridgehead atoms. The van der Waals surface area contributed by atoms with Gasteiger partial charge in [0.2, 0.25) is 0 Å². The predicted octanol–water partition coefficient (Wildman–Crippen LogP) is 2.29. The Kier molecular flexibility index (Phi) is 1.71. The van der Waals surface area contributed by atoms with Crippen LogP contribution in [0.25, 0.3) is 0 Å². The maximum atomic E-state index is 12.4. The van der Waals surface area contributed by atoms with E-state index in [4.69, 9.17) is 5.11 Å². The first-order valence-electron chi connectivity index (χ1n) is 2.35. The van der Waals surface area contributed by atoms with Gasteiger partial charge in [-0.15, -0.1) is 0 Å². The van der Waals surface area contributed by atoms with Gasteiger partial charge in [-0.3, -0.25) is 0 Å². The Hall–Kier alpha value is -0.570. The Morgan fingerprint density at radius 3 is 2.56 bits per heavy atom. The summed E-state index contributed by atoms with van der Waals surface area (Å²) in [5.41, 5.74) is 0. The van der Waals surface area contributed by atoms with Gasteiger partial charge in [-0.2, -0.15) is 0 Å². The third kappa shape index (κ3) is 1.21. The number of benzene rings is 1. The number of halogens is 2. The van der Waals surface area contributed by atoms with Crippen molar-refractivity contribution in [2.45, 2.75) is 0 Å². The van der Waals surface area contributed by atoms with Crippen molar-refractivity contribution >= 4 is 15.9 Å². The molecule has 0 spiro atoms. The topological polar surface area (TPSA) is 20.2 Å². The summed E-state index contributed by atoms with van der Waals surface area (Å²) in [5, 5.41) is 8.81. The summed E-state index contributed by atoms with van der Waals surface area (Å²) in [5.74, 6) is -0.523. The SMILES string of the molecule is Oc1cccc(F)c1Br. The van der Waals surface area contributed by atoms with Gasteiger partial charge in [0.05, 0.1) is 4.47 Å². The van der Waals surface area contributed by atoms with Crippen molar-refractivity contribution in [1.29, 1.82) is 0 Å². The first kappa shape index (κ1) is 6.55. The van der Waals surface area contributed by atoms with E-state index >= 15 is 0 Å². The van der Waals surface area contributed by atoms with E-state index in [9.17, 15) is 4.39 Å². The molecule has 1 nitrogen and oxygen atoms in total. The lowest BCUT2D eigenvalue weighted by Crippen LogP contribution is -1.74. The molecule has 0 heterocycles. The molecule has 0 unspecified atom stereocenters. The average molecular weight is 191 g/mol. The molecular weight excluding hydrogens is 187 g/mol. The normalized spacial score (nSPS) is 9.56. The summed E-state index contributed by atoms with van der Waals surface area (Å²) >= 11 is 2.85. The number of phenolic OH excluding ortho intramolecular Hbond substituents is 1. The van der Waals surface area contributed by atoms with Crippen molar-refractivity contribution in [3.8, 4) is 5.75 Å². The predicted molar refractivity (Wildman–Crippen MR) is 35.8 cm³/mol. The summed E-state index contributed by atoms with van der Waals surface area (Å²) < 4.78 is 12.5. The molecule has 9 heavy (non-hydrogen) atoms. The highest BCUT2D eigenvalue weighted by atomic mass is 79.9. The van der Waals surface area contributed by atoms with Crippen molar-refractivity contribution in [2.75, 3.05) is 0 Å². The second-order valence-electron chi connectivity index (χ2n) is 1.57. The Bertz CT molecular complexity index is 204. The molecule has 0 aliphatic carbocycles. The van der Waals surface area contributed by atoms with Crippen LogP contribution in [0.3, 0.4) is 0 Å². The average Bonchev–Trinajstić information content (AvgIpc) is 1.83. The summed E-state index contributed by atoms with van der Waals surface area (Å²) in [6, 6.07) is 4.12. The van der Waals surface area contributed by atoms with Crippen molar-refractivity contribution in [1.82, 2.24) is 0 Å². The lowest BCUT2D eigenvalue weighted by molar-refractivity contribution is 0.464. The van der Waals surface area contributed by atoms with Gasteiger partial charge in [0.1, 0.15) is 11.6 Å². The molecule has 0 amide bonds. The fourth-order valence-electron chi connectivity index (χ4n) is 0.492. The highest BCUT2D eigenvalue weighted by molar-refractivity contribution is 9.10. The van der Waals surface area contributed by atoms with Crippen LogP contribution in [0.5, 0.6) is 5.75 Å². The molecule has 1 aromatic rings. The first-order valence-corrected chi connectivity index (χ1v) is 3.14. The van der Waals surface area contributed by atoms with Crippen LogP contribution in [0.2, 0.25) is 0 Å². The van der Waals surface area contributed by atoms with Crippen molar-refractivity contribution < 1.29 is 9.50 Å². The van der Waals surface area contributed by atoms with E-state index in [1.54, 1.807) is 0 Å². The standard InChI is InChI=1S/C6H4BrFO/c7-6-4(8)2-1-3-5(6)9/h1-3,9H. The zero-order valence-electron chi connectivity index (χ0n) is 4.44. The molecule has 1 aromatic carbocycles. The van der Waals surface area contributed by atoms with Gasteiger partial charge in [-0.05, 0) is 28.1 Å². The third-order valence-corrected chi connectivity index (χ3v) is 1.72. The van der Waals surface area contributed by atoms with E-state index in [2.05, 4.69) is 15.9 Å². The fourth-order valence-corrected chi connectivity index (χ4v) is 0.757. The molecule has 0 aliphatic rings. The largest absolute Gasteiger partial charge is 0.507 e. The number of phenols is 1. The molecule has 0 radical (unpaired) electrons. The van der Waals surface area contributed by atoms with Gasteiger partial charge in [-0.25, -0.2) is 4.39 Å². The first-order chi connectivity index (χ1) is 4.22. The Morgan fingerprint density at radius 2 is 2.11 bits per heavy atom. The lowest BCUT2D eigenvalue weighted by Gasteiger charge is -1.94. The van der Waals surface area contributed by atoms with Crippen molar-refractivity contribution in [2.24, 2.45) is 0 Å². The molecule has 0 saturated heterocycles.